The van der Waals surface area contributed by atoms with E-state index in [4.69, 9.17) is 4.74 Å². The highest BCUT2D eigenvalue weighted by atomic mass is 16.6. The molecule has 0 radical (unpaired) electrons. The van der Waals surface area contributed by atoms with E-state index in [0.717, 1.165) is 49.2 Å². The van der Waals surface area contributed by atoms with Crippen molar-refractivity contribution in [2.45, 2.75) is 39.5 Å². The Balaban J connectivity index is 1.58. The van der Waals surface area contributed by atoms with Crippen LogP contribution in [0.5, 0.6) is 0 Å². The van der Waals surface area contributed by atoms with Crippen molar-refractivity contribution in [1.29, 1.82) is 0 Å². The number of imide groups is 1. The number of nitrogens with zero attached hydrogens (tertiary/aromatic N) is 2. The molecule has 2 aliphatic heterocycles. The molecule has 3 amide bonds. The number of carbonyl (C=O) groups excluding carboxylic acids is 3. The number of benzene rings is 3. The van der Waals surface area contributed by atoms with Crippen LogP contribution in [0.4, 0.5) is 4.79 Å². The lowest BCUT2D eigenvalue weighted by Gasteiger charge is -2.26. The molecule has 2 aromatic heterocycles. The molecule has 0 saturated heterocycles. The summed E-state index contributed by atoms with van der Waals surface area (Å²) in [6, 6.07) is 13.8. The summed E-state index contributed by atoms with van der Waals surface area (Å²) in [4.78, 5) is 44.4. The molecule has 5 aromatic rings. The highest BCUT2D eigenvalue weighted by Crippen LogP contribution is 2.44. The molecule has 0 spiro atoms. The number of fused-ring (bicyclic) bond motifs is 10. The highest BCUT2D eigenvalue weighted by Gasteiger charge is 2.37. The Morgan fingerprint density at radius 3 is 2.39 bits per heavy atom. The number of amides is 3. The molecule has 180 valence electrons. The number of para-hydroxylation sites is 2. The summed E-state index contributed by atoms with van der Waals surface area (Å²) in [5.74, 6) is -0.740. The second-order valence-corrected chi connectivity index (χ2v) is 10.5. The third kappa shape index (κ3) is 2.72. The number of carbonyl (C=O) groups is 3. The quantitative estimate of drug-likeness (QED) is 0.303. The zero-order valence-corrected chi connectivity index (χ0v) is 20.2. The summed E-state index contributed by atoms with van der Waals surface area (Å²) in [6.45, 7) is 6.95. The van der Waals surface area contributed by atoms with Crippen molar-refractivity contribution in [3.63, 3.8) is 0 Å². The van der Waals surface area contributed by atoms with Gasteiger partial charge in [-0.3, -0.25) is 14.9 Å². The van der Waals surface area contributed by atoms with E-state index >= 15 is 0 Å². The van der Waals surface area contributed by atoms with Gasteiger partial charge in [-0.2, -0.15) is 0 Å². The molecule has 36 heavy (non-hydrogen) atoms. The second-order valence-electron chi connectivity index (χ2n) is 10.5. The van der Waals surface area contributed by atoms with Gasteiger partial charge in [-0.15, -0.1) is 0 Å². The fourth-order valence-corrected chi connectivity index (χ4v) is 5.85. The Labute approximate surface area is 205 Å². The maximum atomic E-state index is 13.2. The Morgan fingerprint density at radius 2 is 1.61 bits per heavy atom. The number of rotatable bonds is 0. The molecule has 8 nitrogen and oxygen atoms in total. The Kier molecular flexibility index (Phi) is 4.01. The van der Waals surface area contributed by atoms with Crippen LogP contribution in [-0.2, 0) is 17.8 Å². The van der Waals surface area contributed by atoms with E-state index < -0.39 is 5.60 Å². The lowest BCUT2D eigenvalue weighted by atomic mass is 9.96. The molecule has 0 fully saturated rings. The number of H-pyrrole nitrogens is 1. The van der Waals surface area contributed by atoms with Gasteiger partial charge in [0.15, 0.2) is 0 Å². The van der Waals surface area contributed by atoms with Crippen LogP contribution in [0.15, 0.2) is 42.5 Å². The van der Waals surface area contributed by atoms with Crippen LogP contribution in [-0.4, -0.2) is 44.5 Å². The first-order valence-electron chi connectivity index (χ1n) is 12.1. The van der Waals surface area contributed by atoms with Crippen molar-refractivity contribution < 1.29 is 19.1 Å². The second kappa shape index (κ2) is 6.87. The average molecular weight is 481 g/mol. The van der Waals surface area contributed by atoms with Gasteiger partial charge in [-0.05, 0) is 32.4 Å². The van der Waals surface area contributed by atoms with Crippen LogP contribution < -0.4 is 5.32 Å². The SMILES string of the molecule is CC(C)(C)OC(=O)N1CCn2c3c(cccc3c3c4c(c5c6ccccc6[nH]c5c32)C(=O)NC4=O)C1. The summed E-state index contributed by atoms with van der Waals surface area (Å²) in [5.41, 5.74) is 4.80. The molecular formula is C28H24N4O4. The lowest BCUT2D eigenvalue weighted by molar-refractivity contribution is 0.0233. The fraction of sp³-hybridized carbons (Fsp3) is 0.250. The summed E-state index contributed by atoms with van der Waals surface area (Å²) < 4.78 is 7.86. The number of hydrogen-bond donors (Lipinski definition) is 2. The number of nitrogens with one attached hydrogen (secondary N) is 2. The van der Waals surface area contributed by atoms with E-state index in [1.807, 2.05) is 63.2 Å². The van der Waals surface area contributed by atoms with Gasteiger partial charge < -0.3 is 19.2 Å². The zero-order valence-electron chi connectivity index (χ0n) is 20.2. The molecule has 8 heteroatoms. The summed E-state index contributed by atoms with van der Waals surface area (Å²) in [6.07, 6.45) is -0.351. The third-order valence-electron chi connectivity index (χ3n) is 7.15. The van der Waals surface area contributed by atoms with Gasteiger partial charge in [0, 0.05) is 40.2 Å². The number of hydrogen-bond acceptors (Lipinski definition) is 4. The minimum Gasteiger partial charge on any atom is -0.444 e. The van der Waals surface area contributed by atoms with Gasteiger partial charge in [0.2, 0.25) is 0 Å². The molecule has 2 N–H and O–H groups in total. The molecule has 0 bridgehead atoms. The first-order valence-corrected chi connectivity index (χ1v) is 12.1. The van der Waals surface area contributed by atoms with Gasteiger partial charge in [0.25, 0.3) is 11.8 Å². The molecule has 4 heterocycles. The van der Waals surface area contributed by atoms with Crippen LogP contribution >= 0.6 is 0 Å². The van der Waals surface area contributed by atoms with E-state index in [1.165, 1.54) is 0 Å². The molecule has 7 rings (SSSR count). The van der Waals surface area contributed by atoms with Crippen molar-refractivity contribution in [3.8, 4) is 0 Å². The largest absolute Gasteiger partial charge is 0.444 e. The van der Waals surface area contributed by atoms with Gasteiger partial charge >= 0.3 is 6.09 Å². The Morgan fingerprint density at radius 1 is 0.889 bits per heavy atom. The number of aromatic nitrogens is 2. The molecule has 2 aliphatic rings. The predicted molar refractivity (Wildman–Crippen MR) is 137 cm³/mol. The molecule has 0 atom stereocenters. The topological polar surface area (TPSA) is 96.4 Å². The summed E-state index contributed by atoms with van der Waals surface area (Å²) in [7, 11) is 0. The maximum Gasteiger partial charge on any atom is 0.410 e. The third-order valence-corrected chi connectivity index (χ3v) is 7.15. The Bertz CT molecular complexity index is 1820. The summed E-state index contributed by atoms with van der Waals surface area (Å²) >= 11 is 0. The maximum absolute atomic E-state index is 13.2. The minimum atomic E-state index is -0.589. The van der Waals surface area contributed by atoms with E-state index in [9.17, 15) is 14.4 Å². The van der Waals surface area contributed by atoms with Gasteiger partial charge in [-0.1, -0.05) is 36.4 Å². The van der Waals surface area contributed by atoms with Crippen LogP contribution in [0.25, 0.3) is 43.6 Å². The van der Waals surface area contributed by atoms with Gasteiger partial charge in [0.1, 0.15) is 5.60 Å². The smallest absolute Gasteiger partial charge is 0.410 e. The van der Waals surface area contributed by atoms with Crippen molar-refractivity contribution in [1.82, 2.24) is 19.8 Å². The molecule has 0 aliphatic carbocycles. The zero-order chi connectivity index (χ0) is 24.9. The highest BCUT2D eigenvalue weighted by molar-refractivity contribution is 6.39. The first kappa shape index (κ1) is 21.0. The minimum absolute atomic E-state index is 0.351. The monoisotopic (exact) mass is 480 g/mol. The summed E-state index contributed by atoms with van der Waals surface area (Å²) in [5, 5.41) is 5.86. The standard InChI is InChI=1S/C28H24N4O4/c1-28(2,3)36-27(35)31-11-12-32-23-14(13-31)7-6-9-16(23)19-21-20(25(33)30-26(21)34)18-15-8-4-5-10-17(15)29-22(18)24(19)32/h4-10,29H,11-13H2,1-3H3,(H,30,33,34). The van der Waals surface area contributed by atoms with Crippen LogP contribution in [0.1, 0.15) is 47.1 Å². The first-order chi connectivity index (χ1) is 17.2. The predicted octanol–water partition coefficient (Wildman–Crippen LogP) is 5.06. The van der Waals surface area contributed by atoms with E-state index in [1.54, 1.807) is 4.90 Å². The average Bonchev–Trinajstić information content (AvgIpc) is 3.39. The molecule has 0 saturated carbocycles. The molecular weight excluding hydrogens is 456 g/mol. The van der Waals surface area contributed by atoms with Crippen molar-refractivity contribution >= 4 is 61.5 Å². The van der Waals surface area contributed by atoms with Crippen LogP contribution in [0, 0.1) is 0 Å². The normalized spacial score (nSPS) is 15.7. The van der Waals surface area contributed by atoms with Gasteiger partial charge in [-0.25, -0.2) is 4.79 Å². The number of aromatic amines is 1. The van der Waals surface area contributed by atoms with Crippen LogP contribution in [0.2, 0.25) is 0 Å². The molecule has 3 aromatic carbocycles. The van der Waals surface area contributed by atoms with Crippen molar-refractivity contribution in [3.05, 3.63) is 59.2 Å². The van der Waals surface area contributed by atoms with Crippen molar-refractivity contribution in [2.24, 2.45) is 0 Å². The van der Waals surface area contributed by atoms with Crippen molar-refractivity contribution in [2.75, 3.05) is 6.54 Å². The molecule has 0 unspecified atom stereocenters. The number of ether oxygens (including phenoxy) is 1. The fourth-order valence-electron chi connectivity index (χ4n) is 5.85. The Hall–Kier alpha value is -4.33. The van der Waals surface area contributed by atoms with E-state index in [2.05, 4.69) is 14.9 Å². The lowest BCUT2D eigenvalue weighted by Crippen LogP contribution is -2.37. The van der Waals surface area contributed by atoms with Gasteiger partial charge in [0.05, 0.1) is 34.2 Å². The van der Waals surface area contributed by atoms with E-state index in [0.29, 0.717) is 30.8 Å². The van der Waals surface area contributed by atoms with E-state index in [-0.39, 0.29) is 17.9 Å². The van der Waals surface area contributed by atoms with Crippen LogP contribution in [0.3, 0.4) is 0 Å².